The van der Waals surface area contributed by atoms with Crippen molar-refractivity contribution in [1.29, 1.82) is 0 Å². The molecule has 0 unspecified atom stereocenters. The SMILES string of the molecule is CN1CCSC1=C1SC(=S)N(CC(=O)O)C1=O. The van der Waals surface area contributed by atoms with Gasteiger partial charge in [-0.15, -0.1) is 11.8 Å². The number of thiocarbonyl (C=S) groups is 1. The lowest BCUT2D eigenvalue weighted by molar-refractivity contribution is -0.140. The molecule has 17 heavy (non-hydrogen) atoms. The predicted molar refractivity (Wildman–Crippen MR) is 71.7 cm³/mol. The van der Waals surface area contributed by atoms with Gasteiger partial charge in [0.2, 0.25) is 0 Å². The van der Waals surface area contributed by atoms with E-state index in [0.29, 0.717) is 9.23 Å². The van der Waals surface area contributed by atoms with E-state index in [-0.39, 0.29) is 12.5 Å². The molecule has 0 bridgehead atoms. The molecule has 2 saturated heterocycles. The Labute approximate surface area is 112 Å². The lowest BCUT2D eigenvalue weighted by Gasteiger charge is -2.13. The first kappa shape index (κ1) is 12.7. The third-order valence-electron chi connectivity index (χ3n) is 2.35. The molecule has 1 N–H and O–H groups in total. The second-order valence-corrected chi connectivity index (χ2v) is 6.29. The fourth-order valence-corrected chi connectivity index (χ4v) is 4.19. The van der Waals surface area contributed by atoms with E-state index in [0.717, 1.165) is 22.2 Å². The van der Waals surface area contributed by atoms with E-state index in [4.69, 9.17) is 17.3 Å². The van der Waals surface area contributed by atoms with Gasteiger partial charge >= 0.3 is 5.97 Å². The van der Waals surface area contributed by atoms with E-state index in [2.05, 4.69) is 0 Å². The maximum Gasteiger partial charge on any atom is 0.323 e. The smallest absolute Gasteiger partial charge is 0.323 e. The molecule has 0 aliphatic carbocycles. The molecule has 0 spiro atoms. The van der Waals surface area contributed by atoms with Gasteiger partial charge in [0, 0.05) is 19.3 Å². The fraction of sp³-hybridized carbons (Fsp3) is 0.444. The topological polar surface area (TPSA) is 60.9 Å². The van der Waals surface area contributed by atoms with Crippen molar-refractivity contribution in [3.8, 4) is 0 Å². The minimum Gasteiger partial charge on any atom is -0.480 e. The van der Waals surface area contributed by atoms with Gasteiger partial charge in [0.25, 0.3) is 5.91 Å². The van der Waals surface area contributed by atoms with Crippen molar-refractivity contribution in [2.45, 2.75) is 0 Å². The molecule has 0 aromatic rings. The molecule has 8 heteroatoms. The average Bonchev–Trinajstić information content (AvgIpc) is 2.76. The van der Waals surface area contributed by atoms with E-state index in [1.54, 1.807) is 11.8 Å². The number of carboxylic acid groups (broad SMARTS) is 1. The molecule has 2 fully saturated rings. The number of carboxylic acids is 1. The Morgan fingerprint density at radius 1 is 1.59 bits per heavy atom. The van der Waals surface area contributed by atoms with Gasteiger partial charge in [-0.25, -0.2) is 0 Å². The third-order valence-corrected chi connectivity index (χ3v) is 5.09. The van der Waals surface area contributed by atoms with Gasteiger partial charge in [-0.3, -0.25) is 14.5 Å². The van der Waals surface area contributed by atoms with Gasteiger partial charge < -0.3 is 10.0 Å². The summed E-state index contributed by atoms with van der Waals surface area (Å²) in [6.07, 6.45) is 0. The first-order valence-corrected chi connectivity index (χ1v) is 7.05. The highest BCUT2D eigenvalue weighted by molar-refractivity contribution is 8.27. The lowest BCUT2D eigenvalue weighted by atomic mass is 10.4. The largest absolute Gasteiger partial charge is 0.480 e. The third kappa shape index (κ3) is 2.43. The maximum absolute atomic E-state index is 12.0. The van der Waals surface area contributed by atoms with Crippen LogP contribution >= 0.6 is 35.7 Å². The zero-order valence-corrected chi connectivity index (χ0v) is 11.5. The van der Waals surface area contributed by atoms with Gasteiger partial charge in [0.15, 0.2) is 0 Å². The Bertz CT molecular complexity index is 435. The summed E-state index contributed by atoms with van der Waals surface area (Å²) in [6, 6.07) is 0. The molecule has 0 saturated carbocycles. The van der Waals surface area contributed by atoms with Crippen molar-refractivity contribution in [2.75, 3.05) is 25.9 Å². The number of thioether (sulfide) groups is 2. The van der Waals surface area contributed by atoms with Gasteiger partial charge in [0.05, 0.1) is 5.03 Å². The van der Waals surface area contributed by atoms with Crippen LogP contribution in [0.25, 0.3) is 0 Å². The van der Waals surface area contributed by atoms with Crippen LogP contribution in [0.3, 0.4) is 0 Å². The number of rotatable bonds is 2. The summed E-state index contributed by atoms with van der Waals surface area (Å²) in [5.41, 5.74) is 0. The minimum absolute atomic E-state index is 0.293. The maximum atomic E-state index is 12.0. The summed E-state index contributed by atoms with van der Waals surface area (Å²) in [5, 5.41) is 9.62. The van der Waals surface area contributed by atoms with Crippen molar-refractivity contribution < 1.29 is 14.7 Å². The molecule has 2 heterocycles. The highest BCUT2D eigenvalue weighted by atomic mass is 32.2. The summed E-state index contributed by atoms with van der Waals surface area (Å²) in [5.74, 6) is -0.409. The summed E-state index contributed by atoms with van der Waals surface area (Å²) >= 11 is 7.82. The quantitative estimate of drug-likeness (QED) is 0.595. The standard InChI is InChI=1S/C9H10N2O3S3/c1-10-2-3-16-8(10)6-7(14)11(4-5(12)13)9(15)17-6/h2-4H2,1H3,(H,12,13). The molecule has 1 amide bonds. The molecule has 2 aliphatic rings. The van der Waals surface area contributed by atoms with Gasteiger partial charge in [0.1, 0.15) is 15.8 Å². The van der Waals surface area contributed by atoms with Gasteiger partial charge in [-0.1, -0.05) is 24.0 Å². The molecule has 0 atom stereocenters. The lowest BCUT2D eigenvalue weighted by Crippen LogP contribution is -2.33. The Kier molecular flexibility index (Phi) is 3.64. The van der Waals surface area contributed by atoms with Crippen LogP contribution in [0.5, 0.6) is 0 Å². The molecule has 2 rings (SSSR count). The van der Waals surface area contributed by atoms with E-state index < -0.39 is 5.97 Å². The van der Waals surface area contributed by atoms with Crippen LogP contribution in [0.2, 0.25) is 0 Å². The van der Waals surface area contributed by atoms with Crippen LogP contribution in [0.1, 0.15) is 0 Å². The Morgan fingerprint density at radius 3 is 2.82 bits per heavy atom. The number of hydrogen-bond acceptors (Lipinski definition) is 6. The molecule has 2 aliphatic heterocycles. The van der Waals surface area contributed by atoms with E-state index in [1.165, 1.54) is 11.8 Å². The van der Waals surface area contributed by atoms with Gasteiger partial charge in [-0.2, -0.15) is 0 Å². The zero-order valence-electron chi connectivity index (χ0n) is 9.00. The second-order valence-electron chi connectivity index (χ2n) is 3.56. The number of nitrogens with zero attached hydrogens (tertiary/aromatic N) is 2. The van der Waals surface area contributed by atoms with E-state index in [1.807, 2.05) is 11.9 Å². The minimum atomic E-state index is -1.06. The summed E-state index contributed by atoms with van der Waals surface area (Å²) in [6.45, 7) is 0.527. The average molecular weight is 290 g/mol. The molecule has 0 aromatic carbocycles. The Morgan fingerprint density at radius 2 is 2.29 bits per heavy atom. The first-order valence-electron chi connectivity index (χ1n) is 4.84. The molecular formula is C9H10N2O3S3. The van der Waals surface area contributed by atoms with Crippen molar-refractivity contribution in [3.05, 3.63) is 9.93 Å². The number of aliphatic carboxylic acids is 1. The predicted octanol–water partition coefficient (Wildman–Crippen LogP) is 0.779. The highest BCUT2D eigenvalue weighted by Gasteiger charge is 2.37. The number of hydrogen-bond donors (Lipinski definition) is 1. The second kappa shape index (κ2) is 4.87. The van der Waals surface area contributed by atoms with Crippen molar-refractivity contribution in [1.82, 2.24) is 9.80 Å². The van der Waals surface area contributed by atoms with Gasteiger partial charge in [-0.05, 0) is 0 Å². The molecular weight excluding hydrogens is 280 g/mol. The Balaban J connectivity index is 2.26. The molecule has 0 radical (unpaired) electrons. The molecule has 92 valence electrons. The summed E-state index contributed by atoms with van der Waals surface area (Å²) in [4.78, 5) is 26.4. The van der Waals surface area contributed by atoms with Crippen LogP contribution in [0, 0.1) is 0 Å². The first-order chi connectivity index (χ1) is 8.00. The van der Waals surface area contributed by atoms with Crippen molar-refractivity contribution >= 4 is 51.9 Å². The number of carbonyl (C=O) groups excluding carboxylic acids is 1. The van der Waals surface area contributed by atoms with Crippen molar-refractivity contribution in [3.63, 3.8) is 0 Å². The normalized spacial score (nSPS) is 25.0. The van der Waals surface area contributed by atoms with Crippen LogP contribution < -0.4 is 0 Å². The highest BCUT2D eigenvalue weighted by Crippen LogP contribution is 2.40. The molecule has 5 nitrogen and oxygen atoms in total. The van der Waals surface area contributed by atoms with Crippen LogP contribution in [-0.4, -0.2) is 57.0 Å². The van der Waals surface area contributed by atoms with Crippen LogP contribution in [-0.2, 0) is 9.59 Å². The van der Waals surface area contributed by atoms with Crippen LogP contribution in [0.15, 0.2) is 9.93 Å². The Hall–Kier alpha value is -0.730. The summed E-state index contributed by atoms with van der Waals surface area (Å²) in [7, 11) is 1.92. The number of carbonyl (C=O) groups is 2. The van der Waals surface area contributed by atoms with Crippen LogP contribution in [0.4, 0.5) is 0 Å². The molecule has 0 aromatic heterocycles. The summed E-state index contributed by atoms with van der Waals surface area (Å²) < 4.78 is 0.320. The van der Waals surface area contributed by atoms with E-state index >= 15 is 0 Å². The van der Waals surface area contributed by atoms with Crippen molar-refractivity contribution in [2.24, 2.45) is 0 Å². The fourth-order valence-electron chi connectivity index (χ4n) is 1.53. The van der Waals surface area contributed by atoms with E-state index in [9.17, 15) is 9.59 Å². The monoisotopic (exact) mass is 290 g/mol. The number of amides is 1. The zero-order chi connectivity index (χ0) is 12.6.